The van der Waals surface area contributed by atoms with Crippen LogP contribution in [0, 0.1) is 6.92 Å². The Morgan fingerprint density at radius 3 is 2.83 bits per heavy atom. The van der Waals surface area contributed by atoms with Crippen molar-refractivity contribution in [1.29, 1.82) is 0 Å². The summed E-state index contributed by atoms with van der Waals surface area (Å²) >= 11 is 3.30. The van der Waals surface area contributed by atoms with Crippen LogP contribution in [0.3, 0.4) is 0 Å². The maximum absolute atomic E-state index is 5.48. The lowest BCUT2D eigenvalue weighted by Gasteiger charge is -2.08. The highest BCUT2D eigenvalue weighted by Gasteiger charge is 2.17. The molecule has 0 radical (unpaired) electrons. The fourth-order valence-electron chi connectivity index (χ4n) is 3.38. The van der Waals surface area contributed by atoms with Gasteiger partial charge >= 0.3 is 0 Å². The summed E-state index contributed by atoms with van der Waals surface area (Å²) in [6.45, 7) is 5.32. The molecule has 152 valence electrons. The molecule has 3 heterocycles. The average molecular weight is 437 g/mol. The number of thioether (sulfide) groups is 1. The van der Waals surface area contributed by atoms with Crippen molar-refractivity contribution in [1.82, 2.24) is 19.7 Å². The Bertz CT molecular complexity index is 1200. The van der Waals surface area contributed by atoms with E-state index in [2.05, 4.69) is 46.1 Å². The SMILES string of the molecule is CCn1c(SCc2csc(-c3ccc4c(c3)OCO4)n2)nnc1-c1ccccc1C. The van der Waals surface area contributed by atoms with Crippen LogP contribution in [0.25, 0.3) is 22.0 Å². The molecule has 0 atom stereocenters. The van der Waals surface area contributed by atoms with E-state index in [0.29, 0.717) is 0 Å². The lowest BCUT2D eigenvalue weighted by atomic mass is 10.1. The van der Waals surface area contributed by atoms with Crippen LogP contribution < -0.4 is 9.47 Å². The second kappa shape index (κ2) is 8.12. The molecule has 0 saturated heterocycles. The number of aryl methyl sites for hydroxylation is 1. The fourth-order valence-corrected chi connectivity index (χ4v) is 5.19. The van der Waals surface area contributed by atoms with Gasteiger partial charge in [-0.2, -0.15) is 0 Å². The smallest absolute Gasteiger partial charge is 0.231 e. The zero-order chi connectivity index (χ0) is 20.5. The number of hydrogen-bond acceptors (Lipinski definition) is 7. The monoisotopic (exact) mass is 436 g/mol. The lowest BCUT2D eigenvalue weighted by molar-refractivity contribution is 0.174. The van der Waals surface area contributed by atoms with Crippen molar-refractivity contribution >= 4 is 23.1 Å². The molecule has 5 rings (SSSR count). The number of nitrogens with zero attached hydrogens (tertiary/aromatic N) is 4. The van der Waals surface area contributed by atoms with E-state index in [0.717, 1.165) is 56.6 Å². The quantitative estimate of drug-likeness (QED) is 0.376. The molecule has 0 N–H and O–H groups in total. The van der Waals surface area contributed by atoms with Crippen molar-refractivity contribution < 1.29 is 9.47 Å². The summed E-state index contributed by atoms with van der Waals surface area (Å²) in [5.74, 6) is 3.22. The van der Waals surface area contributed by atoms with Gasteiger partial charge in [0.25, 0.3) is 0 Å². The summed E-state index contributed by atoms with van der Waals surface area (Å²) < 4.78 is 13.0. The van der Waals surface area contributed by atoms with Gasteiger partial charge in [-0.25, -0.2) is 4.98 Å². The van der Waals surface area contributed by atoms with Gasteiger partial charge in [0.05, 0.1) is 5.69 Å². The molecule has 0 saturated carbocycles. The molecule has 0 unspecified atom stereocenters. The Morgan fingerprint density at radius 1 is 1.10 bits per heavy atom. The molecule has 0 spiro atoms. The summed E-state index contributed by atoms with van der Waals surface area (Å²) in [7, 11) is 0. The minimum absolute atomic E-state index is 0.279. The first-order valence-corrected chi connectivity index (χ1v) is 11.6. The van der Waals surface area contributed by atoms with E-state index < -0.39 is 0 Å². The molecule has 0 aliphatic carbocycles. The van der Waals surface area contributed by atoms with Crippen LogP contribution in [0.5, 0.6) is 11.5 Å². The van der Waals surface area contributed by atoms with E-state index in [1.165, 1.54) is 5.56 Å². The second-order valence-electron chi connectivity index (χ2n) is 6.87. The van der Waals surface area contributed by atoms with Crippen molar-refractivity contribution in [2.24, 2.45) is 0 Å². The topological polar surface area (TPSA) is 62.1 Å². The first-order valence-electron chi connectivity index (χ1n) is 9.69. The van der Waals surface area contributed by atoms with Crippen molar-refractivity contribution in [2.45, 2.75) is 31.3 Å². The standard InChI is InChI=1S/C22H20N4O2S2/c1-3-26-20(17-7-5-4-6-14(17)2)24-25-22(26)30-12-16-11-29-21(23-16)15-8-9-18-19(10-15)28-13-27-18/h4-11H,3,12-13H2,1-2H3. The second-order valence-corrected chi connectivity index (χ2v) is 8.67. The molecule has 2 aromatic heterocycles. The zero-order valence-electron chi connectivity index (χ0n) is 16.7. The summed E-state index contributed by atoms with van der Waals surface area (Å²) in [6, 6.07) is 14.2. The average Bonchev–Trinajstić information content (AvgIpc) is 3.50. The van der Waals surface area contributed by atoms with Gasteiger partial charge in [0.15, 0.2) is 22.5 Å². The van der Waals surface area contributed by atoms with Gasteiger partial charge < -0.3 is 14.0 Å². The van der Waals surface area contributed by atoms with Crippen molar-refractivity contribution in [3.05, 3.63) is 59.1 Å². The Balaban J connectivity index is 1.33. The molecule has 8 heteroatoms. The molecule has 0 bridgehead atoms. The van der Waals surface area contributed by atoms with E-state index in [-0.39, 0.29) is 6.79 Å². The van der Waals surface area contributed by atoms with Crippen LogP contribution in [0.4, 0.5) is 0 Å². The largest absolute Gasteiger partial charge is 0.454 e. The zero-order valence-corrected chi connectivity index (χ0v) is 18.3. The predicted molar refractivity (Wildman–Crippen MR) is 119 cm³/mol. The van der Waals surface area contributed by atoms with E-state index in [4.69, 9.17) is 14.5 Å². The summed E-state index contributed by atoms with van der Waals surface area (Å²) in [5, 5.41) is 12.9. The number of aromatic nitrogens is 4. The van der Waals surface area contributed by atoms with Crippen LogP contribution in [0.1, 0.15) is 18.2 Å². The van der Waals surface area contributed by atoms with Crippen LogP contribution in [-0.4, -0.2) is 26.5 Å². The molecule has 6 nitrogen and oxygen atoms in total. The molecule has 4 aromatic rings. The summed E-state index contributed by atoms with van der Waals surface area (Å²) in [6.07, 6.45) is 0. The van der Waals surface area contributed by atoms with Gasteiger partial charge in [0, 0.05) is 28.8 Å². The van der Waals surface area contributed by atoms with Crippen molar-refractivity contribution in [2.75, 3.05) is 6.79 Å². The van der Waals surface area contributed by atoms with Gasteiger partial charge in [0.2, 0.25) is 6.79 Å². The number of hydrogen-bond donors (Lipinski definition) is 0. The Kier molecular flexibility index (Phi) is 5.18. The number of ether oxygens (including phenoxy) is 2. The first-order chi connectivity index (χ1) is 14.7. The lowest BCUT2D eigenvalue weighted by Crippen LogP contribution is -2.00. The summed E-state index contributed by atoms with van der Waals surface area (Å²) in [5.41, 5.74) is 4.39. The van der Waals surface area contributed by atoms with E-state index in [1.54, 1.807) is 23.1 Å². The first kappa shape index (κ1) is 19.1. The highest BCUT2D eigenvalue weighted by molar-refractivity contribution is 7.98. The Labute approximate surface area is 182 Å². The fraction of sp³-hybridized carbons (Fsp3) is 0.227. The molecule has 2 aromatic carbocycles. The Morgan fingerprint density at radius 2 is 1.97 bits per heavy atom. The van der Waals surface area contributed by atoms with Crippen LogP contribution in [0.2, 0.25) is 0 Å². The molecule has 0 amide bonds. The van der Waals surface area contributed by atoms with Crippen molar-refractivity contribution in [3.8, 4) is 33.5 Å². The minimum Gasteiger partial charge on any atom is -0.454 e. The molecule has 0 fully saturated rings. The molecule has 1 aliphatic rings. The van der Waals surface area contributed by atoms with E-state index in [1.807, 2.05) is 30.3 Å². The van der Waals surface area contributed by atoms with E-state index in [9.17, 15) is 0 Å². The third kappa shape index (κ3) is 3.57. The van der Waals surface area contributed by atoms with Gasteiger partial charge in [-0.3, -0.25) is 0 Å². The molecule has 30 heavy (non-hydrogen) atoms. The van der Waals surface area contributed by atoms with Gasteiger partial charge in [-0.05, 0) is 37.6 Å². The number of fused-ring (bicyclic) bond motifs is 1. The highest BCUT2D eigenvalue weighted by atomic mass is 32.2. The van der Waals surface area contributed by atoms with Gasteiger partial charge in [-0.15, -0.1) is 21.5 Å². The maximum atomic E-state index is 5.48. The van der Waals surface area contributed by atoms with Gasteiger partial charge in [0.1, 0.15) is 5.01 Å². The predicted octanol–water partition coefficient (Wildman–Crippen LogP) is 5.42. The van der Waals surface area contributed by atoms with Gasteiger partial charge in [-0.1, -0.05) is 36.0 Å². The minimum atomic E-state index is 0.279. The maximum Gasteiger partial charge on any atom is 0.231 e. The normalized spacial score (nSPS) is 12.5. The molecular formula is C22H20N4O2S2. The van der Waals surface area contributed by atoms with Crippen LogP contribution >= 0.6 is 23.1 Å². The van der Waals surface area contributed by atoms with E-state index >= 15 is 0 Å². The third-order valence-corrected chi connectivity index (χ3v) is 6.88. The third-order valence-electron chi connectivity index (χ3n) is 4.94. The summed E-state index contributed by atoms with van der Waals surface area (Å²) in [4.78, 5) is 4.80. The Hall–Kier alpha value is -2.84. The number of benzene rings is 2. The number of rotatable bonds is 6. The van der Waals surface area contributed by atoms with Crippen LogP contribution in [0.15, 0.2) is 53.0 Å². The van der Waals surface area contributed by atoms with Crippen molar-refractivity contribution in [3.63, 3.8) is 0 Å². The number of thiazole rings is 1. The van der Waals surface area contributed by atoms with Crippen LogP contribution in [-0.2, 0) is 12.3 Å². The molecule has 1 aliphatic heterocycles. The highest BCUT2D eigenvalue weighted by Crippen LogP contribution is 2.37. The molecular weight excluding hydrogens is 416 g/mol.